The lowest BCUT2D eigenvalue weighted by Gasteiger charge is -2.27. The van der Waals surface area contributed by atoms with Crippen LogP contribution >= 0.6 is 24.0 Å². The third-order valence-corrected chi connectivity index (χ3v) is 5.46. The lowest BCUT2D eigenvalue weighted by molar-refractivity contribution is 0.127. The van der Waals surface area contributed by atoms with E-state index in [4.69, 9.17) is 14.7 Å². The van der Waals surface area contributed by atoms with E-state index in [9.17, 15) is 5.11 Å². The van der Waals surface area contributed by atoms with Crippen LogP contribution in [0.3, 0.4) is 0 Å². The van der Waals surface area contributed by atoms with Crippen LogP contribution in [0.1, 0.15) is 25.3 Å². The molecule has 0 saturated carbocycles. The zero-order valence-electron chi connectivity index (χ0n) is 18.1. The van der Waals surface area contributed by atoms with Gasteiger partial charge < -0.3 is 25.4 Å². The van der Waals surface area contributed by atoms with Gasteiger partial charge in [0.15, 0.2) is 5.96 Å². The molecule has 1 unspecified atom stereocenters. The number of nitrogens with one attached hydrogen (secondary N) is 2. The van der Waals surface area contributed by atoms with Crippen molar-refractivity contribution >= 4 is 46.7 Å². The zero-order chi connectivity index (χ0) is 20.7. The van der Waals surface area contributed by atoms with Crippen molar-refractivity contribution in [1.29, 1.82) is 0 Å². The molecule has 0 radical (unpaired) electrons. The van der Waals surface area contributed by atoms with Crippen molar-refractivity contribution in [2.75, 3.05) is 51.9 Å². The fourth-order valence-electron chi connectivity index (χ4n) is 3.68. The van der Waals surface area contributed by atoms with Crippen molar-refractivity contribution in [1.82, 2.24) is 15.6 Å². The molecule has 30 heavy (non-hydrogen) atoms. The van der Waals surface area contributed by atoms with Crippen molar-refractivity contribution in [2.24, 2.45) is 10.4 Å². The lowest BCUT2D eigenvalue weighted by atomic mass is 9.84. The molecular weight excluding hydrogens is 493 g/mol. The minimum atomic E-state index is -0.0214. The van der Waals surface area contributed by atoms with Crippen molar-refractivity contribution < 1.29 is 9.84 Å². The van der Waals surface area contributed by atoms with Gasteiger partial charge in [-0.1, -0.05) is 18.2 Å². The van der Waals surface area contributed by atoms with Gasteiger partial charge in [0.1, 0.15) is 5.82 Å². The second kappa shape index (κ2) is 11.7. The Morgan fingerprint density at radius 1 is 1.30 bits per heavy atom. The molecule has 0 amide bonds. The van der Waals surface area contributed by atoms with Crippen LogP contribution in [0.4, 0.5) is 5.82 Å². The molecule has 3 rings (SSSR count). The number of anilines is 1. The number of aliphatic hydroxyl groups is 1. The summed E-state index contributed by atoms with van der Waals surface area (Å²) in [5, 5.41) is 17.4. The molecule has 1 aliphatic rings. The minimum absolute atomic E-state index is 0. The first-order valence-electron chi connectivity index (χ1n) is 10.3. The van der Waals surface area contributed by atoms with E-state index in [0.717, 1.165) is 60.8 Å². The molecular formula is C22H34IN5O2. The molecule has 1 aliphatic heterocycles. The van der Waals surface area contributed by atoms with Gasteiger partial charge in [0.25, 0.3) is 0 Å². The van der Waals surface area contributed by atoms with Crippen molar-refractivity contribution in [3.05, 3.63) is 35.9 Å². The van der Waals surface area contributed by atoms with E-state index in [1.807, 2.05) is 37.2 Å². The number of ether oxygens (including phenoxy) is 1. The van der Waals surface area contributed by atoms with E-state index >= 15 is 0 Å². The minimum Gasteiger partial charge on any atom is -0.396 e. The molecule has 166 valence electrons. The highest BCUT2D eigenvalue weighted by Gasteiger charge is 2.34. The molecule has 3 N–H and O–H groups in total. The van der Waals surface area contributed by atoms with Gasteiger partial charge in [-0.05, 0) is 37.5 Å². The third kappa shape index (κ3) is 6.18. The molecule has 0 bridgehead atoms. The van der Waals surface area contributed by atoms with E-state index in [1.165, 1.54) is 0 Å². The summed E-state index contributed by atoms with van der Waals surface area (Å²) >= 11 is 0. The predicted octanol–water partition coefficient (Wildman–Crippen LogP) is 2.76. The Hall–Kier alpha value is -1.65. The van der Waals surface area contributed by atoms with Crippen LogP contribution in [0.15, 0.2) is 35.3 Å². The number of hydrogen-bond acceptors (Lipinski definition) is 5. The van der Waals surface area contributed by atoms with Gasteiger partial charge in [0, 0.05) is 51.2 Å². The van der Waals surface area contributed by atoms with Gasteiger partial charge in [-0.25, -0.2) is 9.98 Å². The quantitative estimate of drug-likeness (QED) is 0.278. The fraction of sp³-hybridized carbons (Fsp3) is 0.545. The Bertz CT molecular complexity index is 837. The summed E-state index contributed by atoms with van der Waals surface area (Å²) in [6, 6.07) is 10.3. The number of aromatic nitrogens is 1. The fourth-order valence-corrected chi connectivity index (χ4v) is 3.68. The smallest absolute Gasteiger partial charge is 0.191 e. The van der Waals surface area contributed by atoms with Gasteiger partial charge in [0.2, 0.25) is 0 Å². The maximum Gasteiger partial charge on any atom is 0.191 e. The van der Waals surface area contributed by atoms with Crippen LogP contribution in [-0.2, 0) is 11.3 Å². The highest BCUT2D eigenvalue weighted by atomic mass is 127. The molecule has 1 atom stereocenters. The Labute approximate surface area is 196 Å². The number of para-hydroxylation sites is 1. The topological polar surface area (TPSA) is 82.0 Å². The van der Waals surface area contributed by atoms with Gasteiger partial charge in [-0.15, -0.1) is 24.0 Å². The molecule has 1 saturated heterocycles. The van der Waals surface area contributed by atoms with Crippen LogP contribution in [0, 0.1) is 5.41 Å². The number of nitrogens with zero attached hydrogens (tertiary/aromatic N) is 3. The molecule has 0 aliphatic carbocycles. The number of benzene rings is 1. The zero-order valence-corrected chi connectivity index (χ0v) is 20.5. The summed E-state index contributed by atoms with van der Waals surface area (Å²) in [5.74, 6) is 1.71. The first-order valence-corrected chi connectivity index (χ1v) is 10.3. The Morgan fingerprint density at radius 2 is 2.10 bits per heavy atom. The molecule has 2 heterocycles. The summed E-state index contributed by atoms with van der Waals surface area (Å²) in [7, 11) is 4.00. The van der Waals surface area contributed by atoms with Crippen molar-refractivity contribution in [3.8, 4) is 0 Å². The van der Waals surface area contributed by atoms with Gasteiger partial charge >= 0.3 is 0 Å². The first-order chi connectivity index (χ1) is 14.1. The van der Waals surface area contributed by atoms with Crippen LogP contribution in [0.2, 0.25) is 0 Å². The highest BCUT2D eigenvalue weighted by molar-refractivity contribution is 14.0. The molecule has 1 fully saturated rings. The second-order valence-electron chi connectivity index (χ2n) is 7.88. The second-order valence-corrected chi connectivity index (χ2v) is 7.88. The number of hydrogen-bond donors (Lipinski definition) is 3. The van der Waals surface area contributed by atoms with Crippen LogP contribution in [0.5, 0.6) is 0 Å². The number of pyridine rings is 1. The summed E-state index contributed by atoms with van der Waals surface area (Å²) in [6.45, 7) is 5.75. The first kappa shape index (κ1) is 24.6. The number of guanidine groups is 1. The maximum absolute atomic E-state index is 9.44. The standard InChI is InChI=1S/C22H33N5O2.HI/c1-4-23-21(25-15-22(9-11-28)10-12-29-16-22)24-14-17-13-20(27(2)3)26-19-8-6-5-7-18(17)19;/h5-8,13,28H,4,9-12,14-16H2,1-3H3,(H2,23,24,25);1H. The maximum atomic E-state index is 9.44. The third-order valence-electron chi connectivity index (χ3n) is 5.46. The monoisotopic (exact) mass is 527 g/mol. The summed E-state index contributed by atoms with van der Waals surface area (Å²) in [6.07, 6.45) is 1.70. The van der Waals surface area contributed by atoms with Gasteiger partial charge in [0.05, 0.1) is 18.7 Å². The molecule has 2 aromatic rings. The lowest BCUT2D eigenvalue weighted by Crippen LogP contribution is -2.44. The molecule has 1 aromatic carbocycles. The van der Waals surface area contributed by atoms with Gasteiger partial charge in [-0.3, -0.25) is 0 Å². The number of aliphatic imine (C=N–C) groups is 1. The van der Waals surface area contributed by atoms with Crippen LogP contribution in [0.25, 0.3) is 10.9 Å². The largest absolute Gasteiger partial charge is 0.396 e. The van der Waals surface area contributed by atoms with E-state index < -0.39 is 0 Å². The average Bonchev–Trinajstić information content (AvgIpc) is 3.18. The Balaban J connectivity index is 0.00000320. The number of fused-ring (bicyclic) bond motifs is 1. The molecule has 1 aromatic heterocycles. The number of rotatable bonds is 8. The summed E-state index contributed by atoms with van der Waals surface area (Å²) in [4.78, 5) is 11.6. The van der Waals surface area contributed by atoms with E-state index in [-0.39, 0.29) is 36.0 Å². The number of halogens is 1. The molecule has 8 heteroatoms. The predicted molar refractivity (Wildman–Crippen MR) is 134 cm³/mol. The average molecular weight is 527 g/mol. The Morgan fingerprint density at radius 3 is 2.77 bits per heavy atom. The van der Waals surface area contributed by atoms with E-state index in [1.54, 1.807) is 0 Å². The number of aliphatic hydroxyl groups excluding tert-OH is 1. The highest BCUT2D eigenvalue weighted by Crippen LogP contribution is 2.31. The van der Waals surface area contributed by atoms with E-state index in [0.29, 0.717) is 13.2 Å². The van der Waals surface area contributed by atoms with Crippen molar-refractivity contribution in [3.63, 3.8) is 0 Å². The van der Waals surface area contributed by atoms with Gasteiger partial charge in [-0.2, -0.15) is 0 Å². The molecule has 7 nitrogen and oxygen atoms in total. The van der Waals surface area contributed by atoms with E-state index in [2.05, 4.69) is 29.7 Å². The van der Waals surface area contributed by atoms with Crippen molar-refractivity contribution in [2.45, 2.75) is 26.3 Å². The van der Waals surface area contributed by atoms with Crippen LogP contribution in [-0.4, -0.2) is 63.1 Å². The van der Waals surface area contributed by atoms with Crippen LogP contribution < -0.4 is 15.5 Å². The Kier molecular flexibility index (Phi) is 9.57. The summed E-state index contributed by atoms with van der Waals surface area (Å²) < 4.78 is 5.60. The normalized spacial score (nSPS) is 18.9. The summed E-state index contributed by atoms with van der Waals surface area (Å²) in [5.41, 5.74) is 2.10. The molecule has 0 spiro atoms. The SMILES string of the molecule is CCNC(=NCc1cc(N(C)C)nc2ccccc12)NCC1(CCO)CCOC1.I.